The van der Waals surface area contributed by atoms with Crippen LogP contribution in [0.15, 0.2) is 35.1 Å². The Balaban J connectivity index is 2.20. The Kier molecular flexibility index (Phi) is 3.64. The fourth-order valence-corrected chi connectivity index (χ4v) is 1.98. The summed E-state index contributed by atoms with van der Waals surface area (Å²) in [5.41, 5.74) is 0.629. The molecule has 2 rings (SSSR count). The van der Waals surface area contributed by atoms with Crippen molar-refractivity contribution in [1.82, 2.24) is 9.55 Å². The summed E-state index contributed by atoms with van der Waals surface area (Å²) in [6.07, 6.45) is 3.79. The average molecular weight is 314 g/mol. The molecular formula is C12H10BrClN2O. The molecule has 0 spiro atoms. The van der Waals surface area contributed by atoms with Crippen molar-refractivity contribution in [1.29, 1.82) is 0 Å². The van der Waals surface area contributed by atoms with Gasteiger partial charge in [-0.25, -0.2) is 4.98 Å². The lowest BCUT2D eigenvalue weighted by Gasteiger charge is -2.03. The lowest BCUT2D eigenvalue weighted by molar-refractivity contribution is 0.0990. The molecule has 0 atom stereocenters. The van der Waals surface area contributed by atoms with E-state index in [1.165, 1.54) is 0 Å². The van der Waals surface area contributed by atoms with Gasteiger partial charge in [-0.05, 0) is 34.1 Å². The number of hydrogen-bond acceptors (Lipinski definition) is 2. The Morgan fingerprint density at radius 1 is 1.53 bits per heavy atom. The van der Waals surface area contributed by atoms with E-state index in [2.05, 4.69) is 20.9 Å². The highest BCUT2D eigenvalue weighted by Crippen LogP contribution is 2.23. The van der Waals surface area contributed by atoms with Gasteiger partial charge in [0.2, 0.25) is 0 Å². The molecule has 0 aliphatic rings. The van der Waals surface area contributed by atoms with Gasteiger partial charge in [0.15, 0.2) is 5.78 Å². The number of imidazole rings is 1. The highest BCUT2D eigenvalue weighted by atomic mass is 79.9. The van der Waals surface area contributed by atoms with Gasteiger partial charge < -0.3 is 4.57 Å². The fraction of sp³-hybridized carbons (Fsp3) is 0.167. The number of ketones is 1. The second-order valence-electron chi connectivity index (χ2n) is 3.68. The van der Waals surface area contributed by atoms with Gasteiger partial charge in [0.1, 0.15) is 5.82 Å². The molecule has 0 saturated heterocycles. The molecular weight excluding hydrogens is 304 g/mol. The summed E-state index contributed by atoms with van der Waals surface area (Å²) in [6.45, 7) is 0. The molecule has 88 valence electrons. The number of aromatic nitrogens is 2. The van der Waals surface area contributed by atoms with Crippen molar-refractivity contribution >= 4 is 33.3 Å². The van der Waals surface area contributed by atoms with Crippen LogP contribution in [0.2, 0.25) is 5.02 Å². The molecule has 0 bridgehead atoms. The molecule has 1 heterocycles. The van der Waals surface area contributed by atoms with Crippen LogP contribution in [0, 0.1) is 0 Å². The Hall–Kier alpha value is -1.13. The second-order valence-corrected chi connectivity index (χ2v) is 4.94. The van der Waals surface area contributed by atoms with E-state index in [-0.39, 0.29) is 12.2 Å². The third kappa shape index (κ3) is 2.76. The number of halogens is 2. The Morgan fingerprint density at radius 3 is 2.88 bits per heavy atom. The monoisotopic (exact) mass is 312 g/mol. The van der Waals surface area contributed by atoms with Crippen molar-refractivity contribution in [2.75, 3.05) is 0 Å². The first kappa shape index (κ1) is 12.3. The van der Waals surface area contributed by atoms with E-state index < -0.39 is 0 Å². The number of nitrogens with zero attached hydrogens (tertiary/aromatic N) is 2. The highest BCUT2D eigenvalue weighted by Gasteiger charge is 2.11. The third-order valence-corrected chi connectivity index (χ3v) is 3.70. The molecule has 2 aromatic rings. The zero-order chi connectivity index (χ0) is 12.4. The Morgan fingerprint density at radius 2 is 2.29 bits per heavy atom. The zero-order valence-electron chi connectivity index (χ0n) is 9.15. The topological polar surface area (TPSA) is 34.9 Å². The predicted octanol–water partition coefficient (Wildman–Crippen LogP) is 3.26. The van der Waals surface area contributed by atoms with E-state index in [9.17, 15) is 4.79 Å². The fourth-order valence-electron chi connectivity index (χ4n) is 1.48. The minimum Gasteiger partial charge on any atom is -0.338 e. The molecule has 1 aromatic carbocycles. The maximum Gasteiger partial charge on any atom is 0.170 e. The number of carbonyl (C=O) groups is 1. The van der Waals surface area contributed by atoms with Gasteiger partial charge in [0.25, 0.3) is 0 Å². The minimum absolute atomic E-state index is 0.0247. The van der Waals surface area contributed by atoms with Gasteiger partial charge in [-0.3, -0.25) is 4.79 Å². The van der Waals surface area contributed by atoms with E-state index in [0.29, 0.717) is 10.6 Å². The summed E-state index contributed by atoms with van der Waals surface area (Å²) < 4.78 is 2.56. The number of Topliss-reactive ketones (excluding diaryl/α,β-unsaturated/α-hetero) is 1. The van der Waals surface area contributed by atoms with E-state index >= 15 is 0 Å². The van der Waals surface area contributed by atoms with E-state index in [1.54, 1.807) is 24.4 Å². The average Bonchev–Trinajstić information content (AvgIpc) is 2.68. The van der Waals surface area contributed by atoms with Gasteiger partial charge in [-0.2, -0.15) is 0 Å². The van der Waals surface area contributed by atoms with Crippen LogP contribution in [0.4, 0.5) is 0 Å². The summed E-state index contributed by atoms with van der Waals surface area (Å²) in [4.78, 5) is 16.1. The number of rotatable bonds is 3. The molecule has 0 fully saturated rings. The first-order chi connectivity index (χ1) is 8.08. The molecule has 5 heteroatoms. The highest BCUT2D eigenvalue weighted by molar-refractivity contribution is 9.10. The second kappa shape index (κ2) is 5.02. The summed E-state index contributed by atoms with van der Waals surface area (Å²) in [7, 11) is 1.87. The van der Waals surface area contributed by atoms with E-state index in [1.807, 2.05) is 17.8 Å². The van der Waals surface area contributed by atoms with Gasteiger partial charge >= 0.3 is 0 Å². The maximum absolute atomic E-state index is 12.0. The Bertz CT molecular complexity index is 565. The first-order valence-electron chi connectivity index (χ1n) is 5.02. The number of hydrogen-bond donors (Lipinski definition) is 0. The molecule has 0 amide bonds. The van der Waals surface area contributed by atoms with Crippen LogP contribution >= 0.6 is 27.5 Å². The smallest absolute Gasteiger partial charge is 0.170 e. The Labute approximate surface area is 113 Å². The lowest BCUT2D eigenvalue weighted by Crippen LogP contribution is -2.08. The summed E-state index contributed by atoms with van der Waals surface area (Å²) in [6, 6.07) is 5.16. The molecule has 0 aliphatic heterocycles. The van der Waals surface area contributed by atoms with Crippen LogP contribution in [0.5, 0.6) is 0 Å². The largest absolute Gasteiger partial charge is 0.338 e. The van der Waals surface area contributed by atoms with Crippen molar-refractivity contribution in [3.05, 3.63) is 51.5 Å². The zero-order valence-corrected chi connectivity index (χ0v) is 11.5. The molecule has 0 unspecified atom stereocenters. The predicted molar refractivity (Wildman–Crippen MR) is 70.4 cm³/mol. The molecule has 0 radical (unpaired) electrons. The van der Waals surface area contributed by atoms with Crippen LogP contribution < -0.4 is 0 Å². The van der Waals surface area contributed by atoms with Gasteiger partial charge in [0.05, 0.1) is 11.4 Å². The summed E-state index contributed by atoms with van der Waals surface area (Å²) in [5.74, 6) is 0.776. The molecule has 0 saturated carbocycles. The maximum atomic E-state index is 12.0. The van der Waals surface area contributed by atoms with Crippen molar-refractivity contribution in [2.45, 2.75) is 6.42 Å². The SMILES string of the molecule is Cn1ccnc1CC(=O)c1ccc(Cl)c(Br)c1. The molecule has 0 aliphatic carbocycles. The number of carbonyl (C=O) groups excluding carboxylic acids is 1. The van der Waals surface area contributed by atoms with Crippen LogP contribution in [-0.2, 0) is 13.5 Å². The van der Waals surface area contributed by atoms with Crippen LogP contribution in [0.1, 0.15) is 16.2 Å². The standard InChI is InChI=1S/C12H10BrClN2O/c1-16-5-4-15-12(16)7-11(17)8-2-3-10(14)9(13)6-8/h2-6H,7H2,1H3. The van der Waals surface area contributed by atoms with E-state index in [4.69, 9.17) is 11.6 Å². The van der Waals surface area contributed by atoms with E-state index in [0.717, 1.165) is 10.3 Å². The van der Waals surface area contributed by atoms with Crippen molar-refractivity contribution in [3.8, 4) is 0 Å². The number of aryl methyl sites for hydroxylation is 1. The molecule has 17 heavy (non-hydrogen) atoms. The summed E-state index contributed by atoms with van der Waals surface area (Å²) in [5, 5.41) is 0.596. The van der Waals surface area contributed by atoms with Crippen molar-refractivity contribution in [3.63, 3.8) is 0 Å². The lowest BCUT2D eigenvalue weighted by atomic mass is 10.1. The quantitative estimate of drug-likeness (QED) is 0.815. The van der Waals surface area contributed by atoms with Crippen LogP contribution in [-0.4, -0.2) is 15.3 Å². The van der Waals surface area contributed by atoms with Gasteiger partial charge in [-0.1, -0.05) is 11.6 Å². The van der Waals surface area contributed by atoms with Crippen molar-refractivity contribution in [2.24, 2.45) is 7.05 Å². The van der Waals surface area contributed by atoms with Crippen LogP contribution in [0.25, 0.3) is 0 Å². The first-order valence-corrected chi connectivity index (χ1v) is 6.19. The normalized spacial score (nSPS) is 10.5. The summed E-state index contributed by atoms with van der Waals surface area (Å²) >= 11 is 9.18. The molecule has 3 nitrogen and oxygen atoms in total. The minimum atomic E-state index is 0.0247. The van der Waals surface area contributed by atoms with Gasteiger partial charge in [-0.15, -0.1) is 0 Å². The number of benzene rings is 1. The van der Waals surface area contributed by atoms with Gasteiger partial charge in [0, 0.05) is 29.5 Å². The van der Waals surface area contributed by atoms with Crippen molar-refractivity contribution < 1.29 is 4.79 Å². The molecule has 0 N–H and O–H groups in total. The molecule has 1 aromatic heterocycles. The van der Waals surface area contributed by atoms with Crippen LogP contribution in [0.3, 0.4) is 0 Å². The third-order valence-electron chi connectivity index (χ3n) is 2.48.